The van der Waals surface area contributed by atoms with Crippen LogP contribution >= 0.6 is 22.9 Å². The van der Waals surface area contributed by atoms with Gasteiger partial charge in [0.05, 0.1) is 11.1 Å². The number of aromatic nitrogens is 1. The van der Waals surface area contributed by atoms with E-state index in [4.69, 9.17) is 17.4 Å². The highest BCUT2D eigenvalue weighted by atomic mass is 35.5. The van der Waals surface area contributed by atoms with Gasteiger partial charge in [0.25, 0.3) is 0 Å². The van der Waals surface area contributed by atoms with Crippen molar-refractivity contribution in [3.05, 3.63) is 51.4 Å². The van der Waals surface area contributed by atoms with E-state index in [1.165, 1.54) is 5.56 Å². The lowest BCUT2D eigenvalue weighted by Gasteiger charge is -2.14. The van der Waals surface area contributed by atoms with Crippen molar-refractivity contribution in [1.82, 2.24) is 10.4 Å². The molecule has 0 amide bonds. The van der Waals surface area contributed by atoms with E-state index >= 15 is 0 Å². The predicted molar refractivity (Wildman–Crippen MR) is 72.0 cm³/mol. The van der Waals surface area contributed by atoms with Gasteiger partial charge in [0.2, 0.25) is 0 Å². The van der Waals surface area contributed by atoms with E-state index in [0.29, 0.717) is 0 Å². The third-order valence-electron chi connectivity index (χ3n) is 2.63. The second-order valence-corrected chi connectivity index (χ2v) is 5.10. The van der Waals surface area contributed by atoms with Gasteiger partial charge in [0, 0.05) is 17.3 Å². The third-order valence-corrected chi connectivity index (χ3v) is 4.11. The number of rotatable bonds is 5. The fraction of sp³-hybridized carbons (Fsp3) is 0.250. The first-order chi connectivity index (χ1) is 8.31. The van der Waals surface area contributed by atoms with Gasteiger partial charge >= 0.3 is 0 Å². The van der Waals surface area contributed by atoms with Crippen molar-refractivity contribution in [3.63, 3.8) is 0 Å². The molecule has 3 N–H and O–H groups in total. The maximum Gasteiger partial charge on any atom is 0.0571 e. The first-order valence-corrected chi connectivity index (χ1v) is 6.65. The van der Waals surface area contributed by atoms with Gasteiger partial charge in [-0.15, -0.1) is 11.3 Å². The molecule has 3 nitrogen and oxygen atoms in total. The predicted octanol–water partition coefficient (Wildman–Crippen LogP) is 2.93. The molecule has 0 bridgehead atoms. The highest BCUT2D eigenvalue weighted by Gasteiger charge is 2.14. The Hall–Kier alpha value is -0.940. The van der Waals surface area contributed by atoms with Crippen molar-refractivity contribution in [2.75, 3.05) is 0 Å². The second-order valence-electron chi connectivity index (χ2n) is 3.75. The number of hydrogen-bond acceptors (Lipinski definition) is 4. The molecule has 0 aromatic carbocycles. The van der Waals surface area contributed by atoms with Crippen LogP contribution in [0.25, 0.3) is 0 Å². The number of hydrazine groups is 1. The zero-order valence-corrected chi connectivity index (χ0v) is 10.8. The van der Waals surface area contributed by atoms with E-state index in [0.717, 1.165) is 22.7 Å². The lowest BCUT2D eigenvalue weighted by molar-refractivity contribution is 0.524. The van der Waals surface area contributed by atoms with Gasteiger partial charge in [-0.1, -0.05) is 11.6 Å². The molecule has 5 heteroatoms. The van der Waals surface area contributed by atoms with Gasteiger partial charge in [-0.3, -0.25) is 16.3 Å². The molecule has 0 fully saturated rings. The molecule has 90 valence electrons. The number of nitrogens with zero attached hydrogens (tertiary/aromatic N) is 1. The number of nitrogens with one attached hydrogen (secondary N) is 1. The van der Waals surface area contributed by atoms with Gasteiger partial charge in [-0.25, -0.2) is 0 Å². The summed E-state index contributed by atoms with van der Waals surface area (Å²) in [6.07, 6.45) is 5.48. The number of thiophene rings is 1. The van der Waals surface area contributed by atoms with Crippen LogP contribution < -0.4 is 11.3 Å². The zero-order chi connectivity index (χ0) is 12.1. The fourth-order valence-electron chi connectivity index (χ4n) is 1.70. The number of halogens is 1. The van der Waals surface area contributed by atoms with Crippen molar-refractivity contribution in [1.29, 1.82) is 0 Å². The monoisotopic (exact) mass is 267 g/mol. The molecule has 1 unspecified atom stereocenters. The maximum atomic E-state index is 6.10. The molecule has 0 aliphatic heterocycles. The minimum absolute atomic E-state index is 0.107. The zero-order valence-electron chi connectivity index (χ0n) is 9.27. The topological polar surface area (TPSA) is 50.9 Å². The number of aryl methyl sites for hydroxylation is 1. The molecule has 2 aromatic heterocycles. The van der Waals surface area contributed by atoms with E-state index in [-0.39, 0.29) is 6.04 Å². The second kappa shape index (κ2) is 6.12. The minimum atomic E-state index is 0.107. The van der Waals surface area contributed by atoms with Crippen LogP contribution in [0.15, 0.2) is 36.0 Å². The van der Waals surface area contributed by atoms with Crippen LogP contribution in [0.5, 0.6) is 0 Å². The van der Waals surface area contributed by atoms with Crippen LogP contribution in [0.3, 0.4) is 0 Å². The fourth-order valence-corrected chi connectivity index (χ4v) is 2.99. The van der Waals surface area contributed by atoms with Gasteiger partial charge < -0.3 is 0 Å². The molecule has 0 aliphatic rings. The first-order valence-electron chi connectivity index (χ1n) is 5.39. The van der Waals surface area contributed by atoms with Crippen LogP contribution in [0.2, 0.25) is 5.02 Å². The summed E-state index contributed by atoms with van der Waals surface area (Å²) in [5, 5.41) is 2.77. The van der Waals surface area contributed by atoms with Crippen LogP contribution in [0.4, 0.5) is 0 Å². The SMILES string of the molecule is NNC(CCc1ccncc1)c1sccc1Cl. The molecule has 2 heterocycles. The standard InChI is InChI=1S/C12H14ClN3S/c13-10-5-8-17-12(10)11(16-14)2-1-9-3-6-15-7-4-9/h3-8,11,16H,1-2,14H2. The smallest absolute Gasteiger partial charge is 0.0571 e. The molecule has 17 heavy (non-hydrogen) atoms. The Morgan fingerprint density at radius 1 is 1.35 bits per heavy atom. The van der Waals surface area contributed by atoms with Gasteiger partial charge in [0.15, 0.2) is 0 Å². The molecule has 0 saturated heterocycles. The van der Waals surface area contributed by atoms with Crippen LogP contribution in [-0.4, -0.2) is 4.98 Å². The highest BCUT2D eigenvalue weighted by Crippen LogP contribution is 2.30. The normalized spacial score (nSPS) is 12.6. The van der Waals surface area contributed by atoms with Crippen molar-refractivity contribution >= 4 is 22.9 Å². The first kappa shape index (κ1) is 12.5. The van der Waals surface area contributed by atoms with E-state index in [9.17, 15) is 0 Å². The van der Waals surface area contributed by atoms with Crippen molar-refractivity contribution < 1.29 is 0 Å². The number of pyridine rings is 1. The summed E-state index contributed by atoms with van der Waals surface area (Å²) in [5.74, 6) is 5.58. The number of hydrogen-bond donors (Lipinski definition) is 2. The molecule has 0 spiro atoms. The molecule has 2 rings (SSSR count). The van der Waals surface area contributed by atoms with Gasteiger partial charge in [-0.05, 0) is 42.0 Å². The summed E-state index contributed by atoms with van der Waals surface area (Å²) >= 11 is 7.73. The summed E-state index contributed by atoms with van der Waals surface area (Å²) in [6.45, 7) is 0. The third kappa shape index (κ3) is 3.26. The van der Waals surface area contributed by atoms with Crippen LogP contribution in [-0.2, 0) is 6.42 Å². The molecule has 2 aromatic rings. The lowest BCUT2D eigenvalue weighted by atomic mass is 10.1. The minimum Gasteiger partial charge on any atom is -0.271 e. The quantitative estimate of drug-likeness (QED) is 0.647. The van der Waals surface area contributed by atoms with E-state index in [1.54, 1.807) is 23.7 Å². The molecule has 0 radical (unpaired) electrons. The lowest BCUT2D eigenvalue weighted by Crippen LogP contribution is -2.28. The Balaban J connectivity index is 2.00. The number of nitrogens with two attached hydrogens (primary N) is 1. The van der Waals surface area contributed by atoms with Gasteiger partial charge in [-0.2, -0.15) is 0 Å². The van der Waals surface area contributed by atoms with Crippen molar-refractivity contribution in [2.45, 2.75) is 18.9 Å². The molecular weight excluding hydrogens is 254 g/mol. The average Bonchev–Trinajstić information content (AvgIpc) is 2.78. The maximum absolute atomic E-state index is 6.10. The summed E-state index contributed by atoms with van der Waals surface area (Å²) in [6, 6.07) is 6.04. The molecule has 0 saturated carbocycles. The van der Waals surface area contributed by atoms with Crippen LogP contribution in [0, 0.1) is 0 Å². The molecule has 0 aliphatic carbocycles. The van der Waals surface area contributed by atoms with E-state index < -0.39 is 0 Å². The Kier molecular flexibility index (Phi) is 4.50. The Morgan fingerprint density at radius 2 is 2.12 bits per heavy atom. The largest absolute Gasteiger partial charge is 0.271 e. The van der Waals surface area contributed by atoms with E-state index in [1.807, 2.05) is 23.6 Å². The van der Waals surface area contributed by atoms with E-state index in [2.05, 4.69) is 10.4 Å². The van der Waals surface area contributed by atoms with Crippen LogP contribution in [0.1, 0.15) is 22.9 Å². The summed E-state index contributed by atoms with van der Waals surface area (Å²) < 4.78 is 0. The van der Waals surface area contributed by atoms with Gasteiger partial charge in [0.1, 0.15) is 0 Å². The Labute approximate surface area is 110 Å². The Morgan fingerprint density at radius 3 is 2.71 bits per heavy atom. The molecule has 1 atom stereocenters. The Bertz CT molecular complexity index is 458. The summed E-state index contributed by atoms with van der Waals surface area (Å²) in [5.41, 5.74) is 4.08. The van der Waals surface area contributed by atoms with Crippen molar-refractivity contribution in [3.8, 4) is 0 Å². The summed E-state index contributed by atoms with van der Waals surface area (Å²) in [4.78, 5) is 5.10. The molecular formula is C12H14ClN3S. The van der Waals surface area contributed by atoms with Crippen molar-refractivity contribution in [2.24, 2.45) is 5.84 Å². The summed E-state index contributed by atoms with van der Waals surface area (Å²) in [7, 11) is 0. The highest BCUT2D eigenvalue weighted by molar-refractivity contribution is 7.10. The average molecular weight is 268 g/mol.